The molecule has 0 aromatic heterocycles. The quantitative estimate of drug-likeness (QED) is 0.692. The maximum absolute atomic E-state index is 12.2. The van der Waals surface area contributed by atoms with Crippen molar-refractivity contribution in [1.82, 2.24) is 10.2 Å². The summed E-state index contributed by atoms with van der Waals surface area (Å²) in [7, 11) is 0. The van der Waals surface area contributed by atoms with E-state index in [9.17, 15) is 19.8 Å². The lowest BCUT2D eigenvalue weighted by atomic mass is 9.80. The molecule has 120 valence electrons. The van der Waals surface area contributed by atoms with Crippen molar-refractivity contribution in [3.8, 4) is 0 Å². The smallest absolute Gasteiger partial charge is 0.317 e. The molecule has 2 heterocycles. The van der Waals surface area contributed by atoms with Gasteiger partial charge in [-0.1, -0.05) is 6.92 Å². The Kier molecular flexibility index (Phi) is 5.05. The summed E-state index contributed by atoms with van der Waals surface area (Å²) in [6.07, 6.45) is 1.67. The molecule has 2 fully saturated rings. The van der Waals surface area contributed by atoms with Gasteiger partial charge in [0.2, 0.25) is 0 Å². The van der Waals surface area contributed by atoms with Crippen molar-refractivity contribution in [2.45, 2.75) is 32.2 Å². The van der Waals surface area contributed by atoms with Crippen molar-refractivity contribution in [2.24, 2.45) is 11.3 Å². The van der Waals surface area contributed by atoms with E-state index in [4.69, 9.17) is 4.74 Å². The average Bonchev–Trinajstić information content (AvgIpc) is 2.86. The largest absolute Gasteiger partial charge is 0.481 e. The average molecular weight is 300 g/mol. The van der Waals surface area contributed by atoms with E-state index in [2.05, 4.69) is 5.32 Å². The molecule has 2 saturated heterocycles. The van der Waals surface area contributed by atoms with Crippen LogP contribution in [0, 0.1) is 11.3 Å². The minimum absolute atomic E-state index is 0.0630. The van der Waals surface area contributed by atoms with Gasteiger partial charge in [-0.05, 0) is 25.2 Å². The molecular formula is C14H24N2O5. The van der Waals surface area contributed by atoms with Crippen molar-refractivity contribution in [2.75, 3.05) is 32.9 Å². The Morgan fingerprint density at radius 3 is 2.62 bits per heavy atom. The Balaban J connectivity index is 1.94. The maximum atomic E-state index is 12.2. The highest BCUT2D eigenvalue weighted by atomic mass is 16.5. The van der Waals surface area contributed by atoms with E-state index >= 15 is 0 Å². The minimum Gasteiger partial charge on any atom is -0.481 e. The number of aliphatic hydroxyl groups is 1. The summed E-state index contributed by atoms with van der Waals surface area (Å²) in [6, 6.07) is -0.467. The predicted molar refractivity (Wildman–Crippen MR) is 74.9 cm³/mol. The Labute approximate surface area is 124 Å². The number of hydrogen-bond donors (Lipinski definition) is 3. The molecule has 0 aromatic rings. The van der Waals surface area contributed by atoms with Gasteiger partial charge in [0.15, 0.2) is 0 Å². The zero-order valence-electron chi connectivity index (χ0n) is 12.4. The Morgan fingerprint density at radius 2 is 2.05 bits per heavy atom. The van der Waals surface area contributed by atoms with E-state index < -0.39 is 11.4 Å². The third-order valence-corrected chi connectivity index (χ3v) is 4.81. The van der Waals surface area contributed by atoms with Gasteiger partial charge in [-0.2, -0.15) is 0 Å². The number of aliphatic hydroxyl groups excluding tert-OH is 1. The van der Waals surface area contributed by atoms with Gasteiger partial charge in [0.05, 0.1) is 18.1 Å². The van der Waals surface area contributed by atoms with Crippen molar-refractivity contribution >= 4 is 12.0 Å². The van der Waals surface area contributed by atoms with Gasteiger partial charge in [0, 0.05) is 26.3 Å². The fourth-order valence-electron chi connectivity index (χ4n) is 3.11. The van der Waals surface area contributed by atoms with E-state index in [1.807, 2.05) is 6.92 Å². The normalized spacial score (nSPS) is 28.4. The first-order valence-electron chi connectivity index (χ1n) is 7.46. The van der Waals surface area contributed by atoms with E-state index in [0.29, 0.717) is 32.6 Å². The molecular weight excluding hydrogens is 276 g/mol. The first-order valence-corrected chi connectivity index (χ1v) is 7.46. The number of likely N-dealkylation sites (tertiary alicyclic amines) is 1. The van der Waals surface area contributed by atoms with Gasteiger partial charge < -0.3 is 25.2 Å². The molecule has 0 spiro atoms. The van der Waals surface area contributed by atoms with Gasteiger partial charge in [-0.15, -0.1) is 0 Å². The number of carbonyl (C=O) groups excluding carboxylic acids is 1. The molecule has 0 saturated carbocycles. The monoisotopic (exact) mass is 300 g/mol. The number of carboxylic acids is 1. The summed E-state index contributed by atoms with van der Waals surface area (Å²) in [5.41, 5.74) is -0.937. The third-order valence-electron chi connectivity index (χ3n) is 4.81. The van der Waals surface area contributed by atoms with Crippen molar-refractivity contribution in [3.63, 3.8) is 0 Å². The van der Waals surface area contributed by atoms with Crippen molar-refractivity contribution in [1.29, 1.82) is 0 Å². The highest BCUT2D eigenvalue weighted by Gasteiger charge is 2.41. The molecule has 7 nitrogen and oxygen atoms in total. The molecule has 2 unspecified atom stereocenters. The molecule has 7 heteroatoms. The van der Waals surface area contributed by atoms with Crippen LogP contribution in [0.2, 0.25) is 0 Å². The number of urea groups is 1. The number of ether oxygens (including phenoxy) is 1. The zero-order chi connectivity index (χ0) is 15.5. The first kappa shape index (κ1) is 16.0. The molecule has 2 rings (SSSR count). The highest BCUT2D eigenvalue weighted by Crippen LogP contribution is 2.30. The molecule has 21 heavy (non-hydrogen) atoms. The Bertz CT molecular complexity index is 395. The fourth-order valence-corrected chi connectivity index (χ4v) is 3.11. The van der Waals surface area contributed by atoms with Crippen LogP contribution in [0.25, 0.3) is 0 Å². The number of carbonyl (C=O) groups is 2. The number of carboxylic acid groups (broad SMARTS) is 1. The topological polar surface area (TPSA) is 99.1 Å². The first-order chi connectivity index (χ1) is 10.00. The number of nitrogens with zero attached hydrogens (tertiary/aromatic N) is 1. The number of hydrogen-bond acceptors (Lipinski definition) is 4. The molecule has 3 N–H and O–H groups in total. The molecule has 0 aliphatic carbocycles. The fraction of sp³-hybridized carbons (Fsp3) is 0.857. The van der Waals surface area contributed by atoms with E-state index in [-0.39, 0.29) is 31.1 Å². The van der Waals surface area contributed by atoms with Crippen LogP contribution in [0.3, 0.4) is 0 Å². The van der Waals surface area contributed by atoms with Gasteiger partial charge >= 0.3 is 12.0 Å². The molecule has 2 atom stereocenters. The van der Waals surface area contributed by atoms with Gasteiger partial charge in [0.1, 0.15) is 0 Å². The lowest BCUT2D eigenvalue weighted by Gasteiger charge is -2.34. The van der Waals surface area contributed by atoms with Gasteiger partial charge in [-0.25, -0.2) is 4.79 Å². The lowest BCUT2D eigenvalue weighted by molar-refractivity contribution is -0.154. The second kappa shape index (κ2) is 6.62. The molecule has 2 amide bonds. The van der Waals surface area contributed by atoms with Crippen LogP contribution in [-0.2, 0) is 9.53 Å². The van der Waals surface area contributed by atoms with Crippen molar-refractivity contribution in [3.05, 3.63) is 0 Å². The van der Waals surface area contributed by atoms with Crippen LogP contribution < -0.4 is 5.32 Å². The second-order valence-corrected chi connectivity index (χ2v) is 6.07. The van der Waals surface area contributed by atoms with Crippen LogP contribution in [0.5, 0.6) is 0 Å². The van der Waals surface area contributed by atoms with E-state index in [1.165, 1.54) is 0 Å². The minimum atomic E-state index is -0.937. The molecule has 0 aromatic carbocycles. The van der Waals surface area contributed by atoms with Crippen LogP contribution >= 0.6 is 0 Å². The second-order valence-electron chi connectivity index (χ2n) is 6.07. The summed E-state index contributed by atoms with van der Waals surface area (Å²) in [4.78, 5) is 25.4. The number of aliphatic carboxylic acids is 1. The van der Waals surface area contributed by atoms with E-state index in [1.54, 1.807) is 4.90 Å². The highest BCUT2D eigenvalue weighted by molar-refractivity contribution is 5.78. The summed E-state index contributed by atoms with van der Waals surface area (Å²) in [5, 5.41) is 21.6. The predicted octanol–water partition coefficient (Wildman–Crippen LogP) is 0.280. The summed E-state index contributed by atoms with van der Waals surface area (Å²) in [5.74, 6) is -0.628. The van der Waals surface area contributed by atoms with Crippen LogP contribution in [0.15, 0.2) is 0 Å². The third kappa shape index (κ3) is 3.29. The van der Waals surface area contributed by atoms with Crippen LogP contribution in [-0.4, -0.2) is 66.1 Å². The zero-order valence-corrected chi connectivity index (χ0v) is 12.4. The SMILES string of the molecule is CC1CCN(C(=O)NCC2(C(=O)O)CCOCC2)C1CO. The summed E-state index contributed by atoms with van der Waals surface area (Å²) < 4.78 is 5.21. The maximum Gasteiger partial charge on any atom is 0.317 e. The Hall–Kier alpha value is -1.34. The standard InChI is InChI=1S/C14H24N2O5/c1-10-2-5-16(11(10)8-17)13(20)15-9-14(12(18)19)3-6-21-7-4-14/h10-11,17H,2-9H2,1H3,(H,15,20)(H,18,19). The van der Waals surface area contributed by atoms with Gasteiger partial charge in [-0.3, -0.25) is 4.79 Å². The molecule has 0 bridgehead atoms. The summed E-state index contributed by atoms with van der Waals surface area (Å²) in [6.45, 7) is 3.46. The van der Waals surface area contributed by atoms with Crippen molar-refractivity contribution < 1.29 is 24.5 Å². The molecule has 2 aliphatic rings. The summed E-state index contributed by atoms with van der Waals surface area (Å²) >= 11 is 0. The molecule has 0 radical (unpaired) electrons. The van der Waals surface area contributed by atoms with Gasteiger partial charge in [0.25, 0.3) is 0 Å². The number of nitrogens with one attached hydrogen (secondary N) is 1. The van der Waals surface area contributed by atoms with Crippen LogP contribution in [0.4, 0.5) is 4.79 Å². The number of rotatable bonds is 4. The van der Waals surface area contributed by atoms with Crippen LogP contribution in [0.1, 0.15) is 26.2 Å². The molecule has 2 aliphatic heterocycles. The lowest BCUT2D eigenvalue weighted by Crippen LogP contribution is -2.51. The Morgan fingerprint density at radius 1 is 1.38 bits per heavy atom. The van der Waals surface area contributed by atoms with E-state index in [0.717, 1.165) is 6.42 Å². The number of amides is 2.